The van der Waals surface area contributed by atoms with Crippen LogP contribution in [0.4, 0.5) is 8.78 Å². The second kappa shape index (κ2) is 10.4. The maximum Gasteiger partial charge on any atom is 0.123 e. The van der Waals surface area contributed by atoms with Crippen LogP contribution in [0.5, 0.6) is 0 Å². The van der Waals surface area contributed by atoms with E-state index in [1.165, 1.54) is 49.9 Å². The maximum atomic E-state index is 13.2. The van der Waals surface area contributed by atoms with E-state index >= 15 is 0 Å². The summed E-state index contributed by atoms with van der Waals surface area (Å²) >= 11 is 0. The van der Waals surface area contributed by atoms with Crippen molar-refractivity contribution in [3.8, 4) is 0 Å². The fraction of sp³-hybridized carbons (Fsp3) is 0.556. The molecule has 3 aliphatic heterocycles. The Hall–Kier alpha value is -1.90. The van der Waals surface area contributed by atoms with Crippen molar-refractivity contribution in [3.05, 3.63) is 70.3 Å². The van der Waals surface area contributed by atoms with Gasteiger partial charge in [0.1, 0.15) is 23.8 Å². The number of aliphatic hydroxyl groups is 2. The molecule has 0 spiro atoms. The predicted octanol–water partition coefficient (Wildman–Crippen LogP) is 4.80. The standard InChI is InChI=1S/C14H17FO2.C13H16FNO2/c15-10-5-6-11-12(7-10)13(16)8-17-14(11)9-3-1-2-4-9;14-8-3-4-9-10(6-8)12(16)7-17-13(9)11-2-1-5-15-11/h5-7,9,13-14,16H,1-4,8H2;3-4,6,11-13,15-16H,1-2,5,7H2/t;11-,12?,13+/m.0/s1. The summed E-state index contributed by atoms with van der Waals surface area (Å²) in [5.74, 6) is -0.0515. The minimum absolute atomic E-state index is 0.0523. The Kier molecular flexibility index (Phi) is 7.27. The van der Waals surface area contributed by atoms with Gasteiger partial charge in [0.15, 0.2) is 0 Å². The van der Waals surface area contributed by atoms with E-state index in [0.29, 0.717) is 17.0 Å². The first-order chi connectivity index (χ1) is 16.5. The van der Waals surface area contributed by atoms with Crippen LogP contribution in [0.1, 0.15) is 85.2 Å². The molecular weight excluding hydrogens is 440 g/mol. The zero-order chi connectivity index (χ0) is 23.7. The molecule has 6 rings (SSSR count). The highest BCUT2D eigenvalue weighted by atomic mass is 19.1. The highest BCUT2D eigenvalue weighted by Crippen LogP contribution is 2.43. The second-order valence-corrected chi connectivity index (χ2v) is 9.83. The van der Waals surface area contributed by atoms with Gasteiger partial charge in [-0.05, 0) is 84.7 Å². The molecule has 0 radical (unpaired) electrons. The summed E-state index contributed by atoms with van der Waals surface area (Å²) in [5.41, 5.74) is 3.30. The van der Waals surface area contributed by atoms with Crippen LogP contribution in [-0.4, -0.2) is 36.0 Å². The van der Waals surface area contributed by atoms with Crippen LogP contribution in [0.3, 0.4) is 0 Å². The SMILES string of the molecule is OC1COC(C2CCCC2)c2ccc(F)cc21.OC1CO[C@@H]([C@@H]2CCCN2)c2ccc(F)cc21. The van der Waals surface area contributed by atoms with E-state index in [1.807, 2.05) is 0 Å². The Balaban J connectivity index is 0.000000142. The fourth-order valence-electron chi connectivity index (χ4n) is 5.89. The lowest BCUT2D eigenvalue weighted by Gasteiger charge is -2.33. The number of nitrogens with one attached hydrogen (secondary N) is 1. The summed E-state index contributed by atoms with van der Waals surface area (Å²) in [6.45, 7) is 1.54. The number of hydrogen-bond acceptors (Lipinski definition) is 5. The molecule has 1 aliphatic carbocycles. The molecule has 5 atom stereocenters. The van der Waals surface area contributed by atoms with Crippen LogP contribution in [0.15, 0.2) is 36.4 Å². The van der Waals surface area contributed by atoms with Gasteiger partial charge in [-0.25, -0.2) is 8.78 Å². The quantitative estimate of drug-likeness (QED) is 0.584. The van der Waals surface area contributed by atoms with Crippen molar-refractivity contribution < 1.29 is 28.5 Å². The number of ether oxygens (including phenoxy) is 2. The van der Waals surface area contributed by atoms with Crippen LogP contribution in [0.2, 0.25) is 0 Å². The van der Waals surface area contributed by atoms with Gasteiger partial charge in [-0.3, -0.25) is 0 Å². The number of hydrogen-bond donors (Lipinski definition) is 3. The summed E-state index contributed by atoms with van der Waals surface area (Å²) in [4.78, 5) is 0. The van der Waals surface area contributed by atoms with Gasteiger partial charge in [-0.15, -0.1) is 0 Å². The van der Waals surface area contributed by atoms with E-state index in [-0.39, 0.29) is 43.1 Å². The molecule has 3 N–H and O–H groups in total. The number of halogens is 2. The van der Waals surface area contributed by atoms with Crippen LogP contribution in [-0.2, 0) is 9.47 Å². The Morgan fingerprint density at radius 1 is 0.706 bits per heavy atom. The first-order valence-electron chi connectivity index (χ1n) is 12.4. The first kappa shape index (κ1) is 23.8. The minimum Gasteiger partial charge on any atom is -0.386 e. The van der Waals surface area contributed by atoms with Crippen molar-refractivity contribution in [1.82, 2.24) is 5.32 Å². The van der Waals surface area contributed by atoms with Gasteiger partial charge in [0.05, 0.1) is 25.4 Å². The monoisotopic (exact) mass is 473 g/mol. The van der Waals surface area contributed by atoms with E-state index in [4.69, 9.17) is 9.47 Å². The Morgan fingerprint density at radius 2 is 1.26 bits per heavy atom. The summed E-state index contributed by atoms with van der Waals surface area (Å²) in [6, 6.07) is 9.55. The fourth-order valence-corrected chi connectivity index (χ4v) is 5.89. The predicted molar refractivity (Wildman–Crippen MR) is 123 cm³/mol. The van der Waals surface area contributed by atoms with Gasteiger partial charge >= 0.3 is 0 Å². The highest BCUT2D eigenvalue weighted by molar-refractivity contribution is 5.35. The van der Waals surface area contributed by atoms with Crippen LogP contribution < -0.4 is 5.32 Å². The van der Waals surface area contributed by atoms with Crippen LogP contribution in [0, 0.1) is 17.6 Å². The largest absolute Gasteiger partial charge is 0.386 e. The van der Waals surface area contributed by atoms with E-state index in [0.717, 1.165) is 30.5 Å². The number of aliphatic hydroxyl groups excluding tert-OH is 2. The lowest BCUT2D eigenvalue weighted by molar-refractivity contribution is -0.0547. The second-order valence-electron chi connectivity index (χ2n) is 9.83. The topological polar surface area (TPSA) is 71.0 Å². The van der Waals surface area contributed by atoms with E-state index < -0.39 is 12.2 Å². The minimum atomic E-state index is -0.710. The van der Waals surface area contributed by atoms with Crippen LogP contribution in [0.25, 0.3) is 0 Å². The third-order valence-corrected chi connectivity index (χ3v) is 7.59. The summed E-state index contributed by atoms with van der Waals surface area (Å²) in [6.07, 6.45) is 5.67. The van der Waals surface area contributed by atoms with Gasteiger partial charge in [0.25, 0.3) is 0 Å². The average molecular weight is 474 g/mol. The Bertz CT molecular complexity index is 911. The molecule has 184 valence electrons. The molecule has 1 saturated heterocycles. The summed E-state index contributed by atoms with van der Waals surface area (Å²) in [5, 5.41) is 23.1. The number of fused-ring (bicyclic) bond motifs is 2. The third-order valence-electron chi connectivity index (χ3n) is 7.59. The summed E-state index contributed by atoms with van der Waals surface area (Å²) in [7, 11) is 0. The molecule has 34 heavy (non-hydrogen) atoms. The van der Waals surface area contributed by atoms with Gasteiger partial charge in [-0.2, -0.15) is 0 Å². The molecular formula is C27H33F2NO4. The van der Waals surface area contributed by atoms with E-state index in [2.05, 4.69) is 5.32 Å². The van der Waals surface area contributed by atoms with E-state index in [9.17, 15) is 19.0 Å². The molecule has 0 aromatic heterocycles. The average Bonchev–Trinajstić information content (AvgIpc) is 3.56. The Morgan fingerprint density at radius 3 is 1.82 bits per heavy atom. The van der Waals surface area contributed by atoms with Gasteiger partial charge < -0.3 is 25.0 Å². The van der Waals surface area contributed by atoms with Gasteiger partial charge in [-0.1, -0.05) is 25.0 Å². The maximum absolute atomic E-state index is 13.2. The zero-order valence-corrected chi connectivity index (χ0v) is 19.3. The zero-order valence-electron chi connectivity index (χ0n) is 19.3. The molecule has 4 aliphatic rings. The number of benzene rings is 2. The number of rotatable bonds is 2. The molecule has 2 aromatic carbocycles. The van der Waals surface area contributed by atoms with Crippen molar-refractivity contribution in [1.29, 1.82) is 0 Å². The lowest BCUT2D eigenvalue weighted by Crippen LogP contribution is -2.35. The molecule has 5 nitrogen and oxygen atoms in total. The molecule has 1 saturated carbocycles. The van der Waals surface area contributed by atoms with Gasteiger partial charge in [0.2, 0.25) is 0 Å². The lowest BCUT2D eigenvalue weighted by atomic mass is 9.87. The highest BCUT2D eigenvalue weighted by Gasteiger charge is 2.35. The van der Waals surface area contributed by atoms with Crippen molar-refractivity contribution in [2.45, 2.75) is 69.0 Å². The molecule has 0 bridgehead atoms. The molecule has 0 amide bonds. The van der Waals surface area contributed by atoms with Crippen molar-refractivity contribution in [2.75, 3.05) is 19.8 Å². The molecule has 3 unspecified atom stereocenters. The van der Waals surface area contributed by atoms with Crippen molar-refractivity contribution in [2.24, 2.45) is 5.92 Å². The molecule has 3 heterocycles. The van der Waals surface area contributed by atoms with Crippen molar-refractivity contribution in [3.63, 3.8) is 0 Å². The normalized spacial score (nSPS) is 30.9. The van der Waals surface area contributed by atoms with Crippen molar-refractivity contribution >= 4 is 0 Å². The van der Waals surface area contributed by atoms with Crippen LogP contribution >= 0.6 is 0 Å². The molecule has 7 heteroatoms. The van der Waals surface area contributed by atoms with E-state index in [1.54, 1.807) is 12.1 Å². The summed E-state index contributed by atoms with van der Waals surface area (Å²) < 4.78 is 37.9. The molecule has 2 fully saturated rings. The molecule has 2 aromatic rings. The van der Waals surface area contributed by atoms with Gasteiger partial charge in [0, 0.05) is 6.04 Å². The Labute approximate surface area is 199 Å². The third kappa shape index (κ3) is 4.90. The smallest absolute Gasteiger partial charge is 0.123 e. The first-order valence-corrected chi connectivity index (χ1v) is 12.4.